The van der Waals surface area contributed by atoms with Crippen LogP contribution in [0.2, 0.25) is 0 Å². The molecule has 0 saturated carbocycles. The molecular formula is C52H64OS. The molecule has 7 rings (SSSR count). The average Bonchev–Trinajstić information content (AvgIpc) is 3.57. The summed E-state index contributed by atoms with van der Waals surface area (Å²) in [5, 5.41) is 4.92. The maximum absolute atomic E-state index is 6.35. The summed E-state index contributed by atoms with van der Waals surface area (Å²) in [6.07, 6.45) is 6.13. The Bertz CT molecular complexity index is 2320. The van der Waals surface area contributed by atoms with Gasteiger partial charge in [-0.15, -0.1) is 5.18 Å². The van der Waals surface area contributed by atoms with Crippen molar-refractivity contribution in [3.63, 3.8) is 0 Å². The summed E-state index contributed by atoms with van der Waals surface area (Å²) in [4.78, 5) is 0. The normalized spacial score (nSPS) is 21.0. The minimum atomic E-state index is -1.41. The molecule has 0 saturated heterocycles. The number of hydrogen-bond acceptors (Lipinski definition) is 1. The zero-order chi connectivity index (χ0) is 39.3. The summed E-state index contributed by atoms with van der Waals surface area (Å²) < 4.78 is 6.35. The van der Waals surface area contributed by atoms with Crippen LogP contribution in [-0.4, -0.2) is 12.9 Å². The van der Waals surface area contributed by atoms with Gasteiger partial charge < -0.3 is 4.74 Å². The first-order valence-electron chi connectivity index (χ1n) is 20.1. The molecule has 4 aromatic rings. The van der Waals surface area contributed by atoms with Gasteiger partial charge >= 0.3 is 0 Å². The van der Waals surface area contributed by atoms with E-state index in [0.717, 1.165) is 12.2 Å². The number of hydrogen-bond donors (Lipinski definition) is 0. The Hall–Kier alpha value is -3.71. The predicted octanol–water partition coefficient (Wildman–Crippen LogP) is 15.0. The van der Waals surface area contributed by atoms with Crippen LogP contribution in [0.3, 0.4) is 0 Å². The highest BCUT2D eigenvalue weighted by molar-refractivity contribution is 8.25. The first-order valence-corrected chi connectivity index (χ1v) is 22.0. The fraction of sp³-hybridized carbons (Fsp3) is 0.442. The fourth-order valence-corrected chi connectivity index (χ4v) is 13.7. The van der Waals surface area contributed by atoms with Crippen molar-refractivity contribution < 1.29 is 4.74 Å². The number of methoxy groups -OCH3 is 1. The van der Waals surface area contributed by atoms with Crippen LogP contribution in [0.5, 0.6) is 5.75 Å². The van der Waals surface area contributed by atoms with E-state index in [2.05, 4.69) is 181 Å². The second-order valence-electron chi connectivity index (χ2n) is 20.5. The second kappa shape index (κ2) is 12.9. The molecule has 54 heavy (non-hydrogen) atoms. The average molecular weight is 737 g/mol. The third-order valence-corrected chi connectivity index (χ3v) is 16.8. The summed E-state index contributed by atoms with van der Waals surface area (Å²) >= 11 is 0. The van der Waals surface area contributed by atoms with Gasteiger partial charge in [-0.3, -0.25) is 0 Å². The maximum Gasteiger partial charge on any atom is 0.131 e. The Balaban J connectivity index is 1.49. The van der Waals surface area contributed by atoms with Gasteiger partial charge in [0.25, 0.3) is 0 Å². The molecule has 0 amide bonds. The van der Waals surface area contributed by atoms with Gasteiger partial charge in [-0.05, 0) is 103 Å². The summed E-state index contributed by atoms with van der Waals surface area (Å²) in [6, 6.07) is 26.0. The van der Waals surface area contributed by atoms with Crippen LogP contribution in [0, 0.1) is 5.18 Å². The summed E-state index contributed by atoms with van der Waals surface area (Å²) in [5.74, 6) is 2.22. The minimum Gasteiger partial charge on any atom is -0.496 e. The van der Waals surface area contributed by atoms with Crippen LogP contribution in [0.15, 0.2) is 77.9 Å². The Morgan fingerprint density at radius 2 is 1.09 bits per heavy atom. The van der Waals surface area contributed by atoms with Gasteiger partial charge in [0.15, 0.2) is 0 Å². The van der Waals surface area contributed by atoms with E-state index in [9.17, 15) is 0 Å². The van der Waals surface area contributed by atoms with Crippen LogP contribution in [0.25, 0.3) is 34.4 Å². The van der Waals surface area contributed by atoms with Crippen LogP contribution in [0.1, 0.15) is 158 Å². The van der Waals surface area contributed by atoms with E-state index in [1.807, 2.05) is 7.11 Å². The van der Waals surface area contributed by atoms with Gasteiger partial charge in [0.1, 0.15) is 5.75 Å². The number of benzene rings is 4. The molecule has 1 heterocycles. The number of fused-ring (bicyclic) bond motifs is 2. The summed E-state index contributed by atoms with van der Waals surface area (Å²) in [5.41, 5.74) is 19.4. The van der Waals surface area contributed by atoms with E-state index < -0.39 is 9.44 Å². The molecule has 3 unspecified atom stereocenters. The highest BCUT2D eigenvalue weighted by Crippen LogP contribution is 2.72. The van der Waals surface area contributed by atoms with Crippen LogP contribution in [-0.2, 0) is 21.7 Å². The molecule has 2 heteroatoms. The molecule has 0 fully saturated rings. The number of rotatable bonds is 3. The second-order valence-corrected chi connectivity index (χ2v) is 23.9. The third kappa shape index (κ3) is 6.36. The molecular weight excluding hydrogens is 673 g/mol. The van der Waals surface area contributed by atoms with Crippen molar-refractivity contribution >= 4 is 21.6 Å². The molecule has 1 aliphatic heterocycles. The Morgan fingerprint density at radius 1 is 0.593 bits per heavy atom. The largest absolute Gasteiger partial charge is 0.496 e. The zero-order valence-electron chi connectivity index (χ0n) is 35.9. The fourth-order valence-electron chi connectivity index (χ4n) is 9.20. The summed E-state index contributed by atoms with van der Waals surface area (Å²) in [7, 11) is 0.439. The number of ether oxygens (including phenoxy) is 1. The van der Waals surface area contributed by atoms with E-state index in [-0.39, 0.29) is 21.7 Å². The predicted molar refractivity (Wildman–Crippen MR) is 239 cm³/mol. The van der Waals surface area contributed by atoms with E-state index in [0.29, 0.717) is 10.5 Å². The Labute approximate surface area is 328 Å². The Kier molecular flexibility index (Phi) is 9.23. The quantitative estimate of drug-likeness (QED) is 0.203. The van der Waals surface area contributed by atoms with Crippen molar-refractivity contribution in [1.29, 1.82) is 0 Å². The Morgan fingerprint density at radius 3 is 1.56 bits per heavy atom. The molecule has 0 bridgehead atoms. The van der Waals surface area contributed by atoms with E-state index in [4.69, 9.17) is 4.74 Å². The van der Waals surface area contributed by atoms with Gasteiger partial charge in [-0.25, -0.2) is 0 Å². The molecule has 3 atom stereocenters. The lowest BCUT2D eigenvalue weighted by atomic mass is 9.77. The van der Waals surface area contributed by atoms with Crippen molar-refractivity contribution in [2.45, 2.75) is 136 Å². The molecule has 1 nitrogen and oxygen atoms in total. The molecule has 0 spiro atoms. The van der Waals surface area contributed by atoms with Crippen molar-refractivity contribution in [3.8, 4) is 33.2 Å². The maximum atomic E-state index is 6.35. The van der Waals surface area contributed by atoms with Crippen LogP contribution < -0.4 is 4.74 Å². The molecule has 0 radical (unpaired) electrons. The lowest BCUT2D eigenvalue weighted by molar-refractivity contribution is 0.399. The smallest absolute Gasteiger partial charge is 0.131 e. The first kappa shape index (κ1) is 38.6. The van der Waals surface area contributed by atoms with Crippen molar-refractivity contribution in [3.05, 3.63) is 122 Å². The van der Waals surface area contributed by atoms with E-state index in [1.165, 1.54) is 83.7 Å². The standard InChI is InChI=1S/C52H64OS/c1-32-24-40-39(35-26-36(49(3,4)5)28-37(27-35)50(6,7)8)29-38(51(9,10)11)30-42(40)47(32)54(22-19-23-54)48-33(2)25-41-43(48)31-44(52(12,13)14)46(53-15)45(41)34-20-17-16-18-21-34/h16-18,20-21,24-31,47-48H,19,22H2,1-15H3. The van der Waals surface area contributed by atoms with Gasteiger partial charge in [-0.1, -0.05) is 167 Å². The van der Waals surface area contributed by atoms with Crippen molar-refractivity contribution in [2.24, 2.45) is 0 Å². The van der Waals surface area contributed by atoms with Gasteiger partial charge in [0, 0.05) is 28.0 Å². The topological polar surface area (TPSA) is 9.23 Å². The highest BCUT2D eigenvalue weighted by atomic mass is 32.2. The molecule has 0 aromatic heterocycles. The van der Waals surface area contributed by atoms with Gasteiger partial charge in [-0.2, -0.15) is 9.44 Å². The highest BCUT2D eigenvalue weighted by Gasteiger charge is 2.45. The van der Waals surface area contributed by atoms with Crippen molar-refractivity contribution in [1.82, 2.24) is 0 Å². The molecule has 0 N–H and O–H groups in total. The minimum absolute atomic E-state index is 0.00733. The summed E-state index contributed by atoms with van der Waals surface area (Å²) in [6.45, 7) is 33.1. The monoisotopic (exact) mass is 736 g/mol. The first-order chi connectivity index (χ1) is 25.1. The van der Waals surface area contributed by atoms with E-state index in [1.54, 1.807) is 0 Å². The molecule has 2 aliphatic carbocycles. The lowest BCUT2D eigenvalue weighted by Crippen LogP contribution is -2.20. The SMILES string of the molecule is COc1c(C(C)(C)C)cc2c(c1-c1ccccc1)C=C(C)C2S1(C2C(C)=Cc3c(-c4cc(C(C)(C)C)cc(C(C)(C)C)c4)cc(C(C)(C)C)cc32)#CCC1. The van der Waals surface area contributed by atoms with Crippen molar-refractivity contribution in [2.75, 3.05) is 12.9 Å². The molecule has 284 valence electrons. The van der Waals surface area contributed by atoms with Crippen LogP contribution in [0.4, 0.5) is 0 Å². The van der Waals surface area contributed by atoms with Crippen LogP contribution >= 0.6 is 9.44 Å². The van der Waals surface area contributed by atoms with Gasteiger partial charge in [0.05, 0.1) is 7.11 Å². The van der Waals surface area contributed by atoms with Gasteiger partial charge in [0.2, 0.25) is 0 Å². The van der Waals surface area contributed by atoms with E-state index >= 15 is 0 Å². The molecule has 4 aromatic carbocycles. The third-order valence-electron chi connectivity index (χ3n) is 12.3. The lowest BCUT2D eigenvalue weighted by Gasteiger charge is -2.44. The molecule has 3 aliphatic rings. The zero-order valence-corrected chi connectivity index (χ0v) is 36.7.